The highest BCUT2D eigenvalue weighted by Crippen LogP contribution is 2.31. The van der Waals surface area contributed by atoms with Crippen LogP contribution in [-0.4, -0.2) is 75.4 Å². The number of amides is 1. The van der Waals surface area contributed by atoms with Crippen LogP contribution in [0.4, 0.5) is 14.6 Å². The molecule has 4 aromatic rings. The van der Waals surface area contributed by atoms with Crippen molar-refractivity contribution < 1.29 is 13.6 Å². The Morgan fingerprint density at radius 2 is 1.81 bits per heavy atom. The molecule has 1 aromatic carbocycles. The lowest BCUT2D eigenvalue weighted by Crippen LogP contribution is -2.37. The molecule has 2 atom stereocenters. The second-order valence-corrected chi connectivity index (χ2v) is 11.3. The summed E-state index contributed by atoms with van der Waals surface area (Å²) in [5, 5.41) is 7.00. The van der Waals surface area contributed by atoms with Crippen LogP contribution in [0.1, 0.15) is 54.4 Å². The average molecular weight is 589 g/mol. The van der Waals surface area contributed by atoms with Crippen LogP contribution in [0, 0.1) is 11.8 Å². The summed E-state index contributed by atoms with van der Waals surface area (Å²) in [6, 6.07) is 9.63. The Bertz CT molecular complexity index is 1530. The molecular formula is C32H38F2N8O. The van der Waals surface area contributed by atoms with Crippen molar-refractivity contribution in [3.63, 3.8) is 0 Å². The first-order chi connectivity index (χ1) is 20.8. The van der Waals surface area contributed by atoms with Gasteiger partial charge in [-0.25, -0.2) is 28.7 Å². The summed E-state index contributed by atoms with van der Waals surface area (Å²) in [4.78, 5) is 36.8. The number of halogens is 2. The number of piperidine rings is 1. The smallest absolute Gasteiger partial charge is 0.251 e. The first kappa shape index (κ1) is 30.3. The third-order valence-corrected chi connectivity index (χ3v) is 8.47. The molecule has 3 aromatic heterocycles. The number of aromatic nitrogens is 5. The van der Waals surface area contributed by atoms with Crippen molar-refractivity contribution in [1.29, 1.82) is 0 Å². The van der Waals surface area contributed by atoms with Crippen LogP contribution >= 0.6 is 0 Å². The minimum absolute atomic E-state index is 0.128. The van der Waals surface area contributed by atoms with Gasteiger partial charge in [0, 0.05) is 55.6 Å². The van der Waals surface area contributed by atoms with Gasteiger partial charge < -0.3 is 10.6 Å². The molecule has 0 saturated carbocycles. The molecule has 0 radical (unpaired) electrons. The van der Waals surface area contributed by atoms with E-state index in [0.717, 1.165) is 52.8 Å². The molecule has 0 aliphatic carbocycles. The van der Waals surface area contributed by atoms with Crippen LogP contribution in [0.3, 0.4) is 0 Å². The zero-order valence-electron chi connectivity index (χ0n) is 24.8. The summed E-state index contributed by atoms with van der Waals surface area (Å²) >= 11 is 0. The van der Waals surface area contributed by atoms with Crippen molar-refractivity contribution in [2.24, 2.45) is 11.8 Å². The van der Waals surface area contributed by atoms with E-state index in [1.54, 1.807) is 31.7 Å². The number of alkyl halides is 2. The van der Waals surface area contributed by atoms with Crippen LogP contribution in [0.2, 0.25) is 0 Å². The Morgan fingerprint density at radius 1 is 1.05 bits per heavy atom. The highest BCUT2D eigenvalue weighted by Gasteiger charge is 2.23. The van der Waals surface area contributed by atoms with Crippen molar-refractivity contribution in [2.75, 3.05) is 38.5 Å². The van der Waals surface area contributed by atoms with Gasteiger partial charge in [-0.1, -0.05) is 32.0 Å². The van der Waals surface area contributed by atoms with Crippen molar-refractivity contribution in [2.45, 2.75) is 45.5 Å². The van der Waals surface area contributed by atoms with E-state index in [-0.39, 0.29) is 24.3 Å². The lowest BCUT2D eigenvalue weighted by atomic mass is 9.87. The molecule has 5 rings (SSSR count). The summed E-state index contributed by atoms with van der Waals surface area (Å²) < 4.78 is 25.3. The lowest BCUT2D eigenvalue weighted by Gasteiger charge is -2.31. The van der Waals surface area contributed by atoms with Gasteiger partial charge in [-0.3, -0.25) is 14.7 Å². The highest BCUT2D eigenvalue weighted by atomic mass is 19.3. The highest BCUT2D eigenvalue weighted by molar-refractivity contribution is 6.06. The molecule has 0 bridgehead atoms. The first-order valence-corrected chi connectivity index (χ1v) is 14.8. The van der Waals surface area contributed by atoms with Crippen molar-refractivity contribution in [3.05, 3.63) is 72.2 Å². The van der Waals surface area contributed by atoms with Gasteiger partial charge in [0.2, 0.25) is 0 Å². The summed E-state index contributed by atoms with van der Waals surface area (Å²) in [6.45, 7) is 6.27. The van der Waals surface area contributed by atoms with E-state index in [9.17, 15) is 13.6 Å². The molecule has 1 aliphatic rings. The van der Waals surface area contributed by atoms with E-state index in [2.05, 4.69) is 55.5 Å². The Hall–Kier alpha value is -4.12. The molecule has 0 spiro atoms. The predicted octanol–water partition coefficient (Wildman–Crippen LogP) is 5.21. The van der Waals surface area contributed by atoms with Crippen LogP contribution in [0.15, 0.2) is 55.2 Å². The second-order valence-electron chi connectivity index (χ2n) is 11.3. The Morgan fingerprint density at radius 3 is 2.53 bits per heavy atom. The number of pyridine rings is 1. The first-order valence-electron chi connectivity index (χ1n) is 14.8. The third-order valence-electron chi connectivity index (χ3n) is 8.47. The van der Waals surface area contributed by atoms with Crippen LogP contribution < -0.4 is 10.6 Å². The fourth-order valence-corrected chi connectivity index (χ4v) is 5.68. The van der Waals surface area contributed by atoms with Crippen LogP contribution in [-0.2, 0) is 6.42 Å². The normalized spacial score (nSPS) is 15.9. The summed E-state index contributed by atoms with van der Waals surface area (Å²) in [6.07, 6.45) is 7.00. The molecule has 1 saturated heterocycles. The summed E-state index contributed by atoms with van der Waals surface area (Å²) in [7, 11) is 1.63. The van der Waals surface area contributed by atoms with Gasteiger partial charge in [-0.2, -0.15) is 0 Å². The van der Waals surface area contributed by atoms with Crippen molar-refractivity contribution in [3.8, 4) is 11.3 Å². The quantitative estimate of drug-likeness (QED) is 0.246. The number of hydrogen-bond donors (Lipinski definition) is 2. The molecular weight excluding hydrogens is 550 g/mol. The van der Waals surface area contributed by atoms with Crippen LogP contribution in [0.25, 0.3) is 22.2 Å². The van der Waals surface area contributed by atoms with Gasteiger partial charge in [0.05, 0.1) is 23.3 Å². The number of nitrogens with zero attached hydrogens (tertiary/aromatic N) is 6. The van der Waals surface area contributed by atoms with E-state index in [1.807, 2.05) is 23.1 Å². The fraction of sp³-hybridized carbons (Fsp3) is 0.438. The standard InChI is InChI=1S/C32H38F2N8O/c1-20(21(2)24-5-4-6-25-26(32(43)35-3)7-10-36-31(24)25)15-37-30-14-27(40-19-41-30)23-16-38-29(39-17-23)13-22-8-11-42(12-9-22)18-28(33)34/h4-7,10,14,16-17,19-22,28H,8-9,11-13,15,18H2,1-3H3,(H,35,43)(H,37,40,41)/t20-,21?/m1/s1. The maximum Gasteiger partial charge on any atom is 0.251 e. The zero-order valence-corrected chi connectivity index (χ0v) is 24.8. The number of carbonyl (C=O) groups is 1. The number of anilines is 1. The van der Waals surface area contributed by atoms with E-state index < -0.39 is 6.43 Å². The number of carbonyl (C=O) groups excluding carboxylic acids is 1. The van der Waals surface area contributed by atoms with Gasteiger partial charge in [0.25, 0.3) is 12.3 Å². The number of hydrogen-bond acceptors (Lipinski definition) is 8. The average Bonchev–Trinajstić information content (AvgIpc) is 3.03. The Balaban J connectivity index is 1.19. The zero-order chi connectivity index (χ0) is 30.3. The lowest BCUT2D eigenvalue weighted by molar-refractivity contribution is 0.0688. The maximum atomic E-state index is 12.6. The molecule has 1 fully saturated rings. The van der Waals surface area contributed by atoms with Gasteiger partial charge in [0.1, 0.15) is 18.0 Å². The minimum Gasteiger partial charge on any atom is -0.370 e. The molecule has 9 nitrogen and oxygen atoms in total. The number of para-hydroxylation sites is 1. The molecule has 226 valence electrons. The van der Waals surface area contributed by atoms with E-state index >= 15 is 0 Å². The molecule has 43 heavy (non-hydrogen) atoms. The van der Waals surface area contributed by atoms with Gasteiger partial charge in [-0.15, -0.1) is 0 Å². The van der Waals surface area contributed by atoms with E-state index in [1.165, 1.54) is 6.33 Å². The van der Waals surface area contributed by atoms with Crippen molar-refractivity contribution in [1.82, 2.24) is 35.1 Å². The number of nitrogens with one attached hydrogen (secondary N) is 2. The van der Waals surface area contributed by atoms with E-state index in [4.69, 9.17) is 0 Å². The third kappa shape index (κ3) is 7.45. The van der Waals surface area contributed by atoms with Crippen molar-refractivity contribution >= 4 is 22.6 Å². The van der Waals surface area contributed by atoms with Gasteiger partial charge in [-0.05, 0) is 55.3 Å². The molecule has 4 heterocycles. The van der Waals surface area contributed by atoms with E-state index in [0.29, 0.717) is 36.9 Å². The largest absolute Gasteiger partial charge is 0.370 e. The fourth-order valence-electron chi connectivity index (χ4n) is 5.68. The minimum atomic E-state index is -2.28. The number of benzene rings is 1. The number of likely N-dealkylation sites (tertiary alicyclic amines) is 1. The Kier molecular flexibility index (Phi) is 9.81. The molecule has 1 unspecified atom stereocenters. The van der Waals surface area contributed by atoms with Gasteiger partial charge >= 0.3 is 0 Å². The number of fused-ring (bicyclic) bond motifs is 1. The number of rotatable bonds is 11. The predicted molar refractivity (Wildman–Crippen MR) is 163 cm³/mol. The monoisotopic (exact) mass is 588 g/mol. The molecule has 2 N–H and O–H groups in total. The maximum absolute atomic E-state index is 12.6. The summed E-state index contributed by atoms with van der Waals surface area (Å²) in [5.41, 5.74) is 4.08. The van der Waals surface area contributed by atoms with Crippen LogP contribution in [0.5, 0.6) is 0 Å². The second kappa shape index (κ2) is 13.9. The Labute approximate surface area is 250 Å². The molecule has 11 heteroatoms. The SMILES string of the molecule is CNC(=O)c1ccnc2c(C(C)[C@H](C)CNc3cc(-c4cnc(CC5CCN(CC(F)F)CC5)nc4)ncn3)cccc12. The van der Waals surface area contributed by atoms with Gasteiger partial charge in [0.15, 0.2) is 0 Å². The topological polar surface area (TPSA) is 109 Å². The summed E-state index contributed by atoms with van der Waals surface area (Å²) in [5.74, 6) is 2.15. The molecule has 1 aliphatic heterocycles. The molecule has 1 amide bonds.